The molecule has 1 aliphatic rings. The second-order valence-corrected chi connectivity index (χ2v) is 5.58. The summed E-state index contributed by atoms with van der Waals surface area (Å²) in [6.07, 6.45) is 4.38. The van der Waals surface area contributed by atoms with Crippen molar-refractivity contribution in [2.45, 2.75) is 37.6 Å². The first kappa shape index (κ1) is 15.3. The molecule has 0 saturated heterocycles. The number of nitrogens with two attached hydrogens (primary N) is 1. The van der Waals surface area contributed by atoms with Crippen molar-refractivity contribution >= 4 is 23.3 Å². The summed E-state index contributed by atoms with van der Waals surface area (Å²) in [4.78, 5) is 23.2. The van der Waals surface area contributed by atoms with Gasteiger partial charge in [0.25, 0.3) is 0 Å². The van der Waals surface area contributed by atoms with Crippen LogP contribution < -0.4 is 21.7 Å². The lowest BCUT2D eigenvalue weighted by Crippen LogP contribution is -2.40. The quantitative estimate of drug-likeness (QED) is 0.683. The minimum Gasteiger partial charge on any atom is -0.341 e. The number of urea groups is 1. The molecule has 0 radical (unpaired) electrons. The van der Waals surface area contributed by atoms with Gasteiger partial charge in [-0.1, -0.05) is 12.8 Å². The average Bonchev–Trinajstić information content (AvgIpc) is 2.87. The lowest BCUT2D eigenvalue weighted by molar-refractivity contribution is -0.117. The van der Waals surface area contributed by atoms with Crippen molar-refractivity contribution in [2.75, 3.05) is 17.7 Å². The van der Waals surface area contributed by atoms with Gasteiger partial charge in [-0.05, 0) is 37.1 Å². The normalized spacial score (nSPS) is 16.3. The van der Waals surface area contributed by atoms with E-state index in [1.165, 1.54) is 0 Å². The highest BCUT2D eigenvalue weighted by Gasteiger charge is 2.31. The van der Waals surface area contributed by atoms with Crippen LogP contribution in [0.4, 0.5) is 16.2 Å². The molecule has 1 aromatic carbocycles. The van der Waals surface area contributed by atoms with Gasteiger partial charge >= 0.3 is 6.03 Å². The van der Waals surface area contributed by atoms with Crippen LogP contribution >= 0.6 is 0 Å². The van der Waals surface area contributed by atoms with E-state index in [0.29, 0.717) is 17.8 Å². The van der Waals surface area contributed by atoms with Crippen LogP contribution in [0.25, 0.3) is 0 Å². The van der Waals surface area contributed by atoms with Gasteiger partial charge in [0.2, 0.25) is 5.91 Å². The molecule has 6 heteroatoms. The molecule has 1 aromatic rings. The first-order valence-corrected chi connectivity index (χ1v) is 7.18. The maximum Gasteiger partial charge on any atom is 0.318 e. The van der Waals surface area contributed by atoms with E-state index in [1.54, 1.807) is 31.3 Å². The molecule has 1 aliphatic carbocycles. The van der Waals surface area contributed by atoms with E-state index in [1.807, 2.05) is 0 Å². The summed E-state index contributed by atoms with van der Waals surface area (Å²) in [7, 11) is 1.55. The Morgan fingerprint density at radius 2 is 1.62 bits per heavy atom. The zero-order valence-corrected chi connectivity index (χ0v) is 12.2. The smallest absolute Gasteiger partial charge is 0.318 e. The summed E-state index contributed by atoms with van der Waals surface area (Å²) >= 11 is 0. The topological polar surface area (TPSA) is 96.2 Å². The van der Waals surface area contributed by atoms with E-state index in [2.05, 4.69) is 16.0 Å². The van der Waals surface area contributed by atoms with Gasteiger partial charge in [0.1, 0.15) is 0 Å². The molecule has 114 valence electrons. The molecule has 5 N–H and O–H groups in total. The predicted molar refractivity (Wildman–Crippen MR) is 83.2 cm³/mol. The van der Waals surface area contributed by atoms with E-state index in [-0.39, 0.29) is 17.5 Å². The fraction of sp³-hybridized carbons (Fsp3) is 0.467. The molecule has 0 aromatic heterocycles. The molecular weight excluding hydrogens is 268 g/mol. The zero-order valence-electron chi connectivity index (χ0n) is 12.2. The van der Waals surface area contributed by atoms with Crippen molar-refractivity contribution in [3.8, 4) is 0 Å². The van der Waals surface area contributed by atoms with Crippen molar-refractivity contribution in [1.82, 2.24) is 5.32 Å². The monoisotopic (exact) mass is 290 g/mol. The van der Waals surface area contributed by atoms with Gasteiger partial charge in [0.05, 0.1) is 0 Å². The molecule has 0 unspecified atom stereocenters. The third kappa shape index (κ3) is 4.46. The Labute approximate surface area is 124 Å². The van der Waals surface area contributed by atoms with E-state index in [9.17, 15) is 9.59 Å². The summed E-state index contributed by atoms with van der Waals surface area (Å²) < 4.78 is 0. The molecule has 0 heterocycles. The number of anilines is 2. The van der Waals surface area contributed by atoms with Crippen molar-refractivity contribution in [3.05, 3.63) is 24.3 Å². The van der Waals surface area contributed by atoms with Crippen LogP contribution in [0.5, 0.6) is 0 Å². The minimum absolute atomic E-state index is 0.0635. The largest absolute Gasteiger partial charge is 0.341 e. The SMILES string of the molecule is CNC(=O)Nc1ccc(NC(=O)CC2(N)CCCC2)cc1. The first-order chi connectivity index (χ1) is 10.0. The lowest BCUT2D eigenvalue weighted by Gasteiger charge is -2.22. The van der Waals surface area contributed by atoms with Crippen molar-refractivity contribution < 1.29 is 9.59 Å². The zero-order chi connectivity index (χ0) is 15.3. The van der Waals surface area contributed by atoms with Crippen LogP contribution in [0.1, 0.15) is 32.1 Å². The standard InChI is InChI=1S/C15H22N4O2/c1-17-14(21)19-12-6-4-11(5-7-12)18-13(20)10-15(16)8-2-3-9-15/h4-7H,2-3,8-10,16H2,1H3,(H,18,20)(H2,17,19,21). The maximum atomic E-state index is 12.0. The summed E-state index contributed by atoms with van der Waals surface area (Å²) in [6.45, 7) is 0. The third-order valence-corrected chi connectivity index (χ3v) is 3.77. The van der Waals surface area contributed by atoms with Gasteiger partial charge in [-0.25, -0.2) is 4.79 Å². The maximum absolute atomic E-state index is 12.0. The number of amides is 3. The summed E-state index contributed by atoms with van der Waals surface area (Å²) in [5.74, 6) is -0.0635. The molecule has 0 spiro atoms. The minimum atomic E-state index is -0.342. The number of carbonyl (C=O) groups excluding carboxylic acids is 2. The van der Waals surface area contributed by atoms with E-state index in [4.69, 9.17) is 5.73 Å². The number of benzene rings is 1. The summed E-state index contributed by atoms with van der Waals surface area (Å²) in [5, 5.41) is 7.97. The van der Waals surface area contributed by atoms with Gasteiger partial charge in [-0.2, -0.15) is 0 Å². The Hall–Kier alpha value is -2.08. The Kier molecular flexibility index (Phi) is 4.80. The molecule has 3 amide bonds. The highest BCUT2D eigenvalue weighted by Crippen LogP contribution is 2.30. The number of nitrogens with one attached hydrogen (secondary N) is 3. The van der Waals surface area contributed by atoms with Crippen LogP contribution in [0.15, 0.2) is 24.3 Å². The number of hydrogen-bond acceptors (Lipinski definition) is 3. The molecule has 21 heavy (non-hydrogen) atoms. The van der Waals surface area contributed by atoms with E-state index < -0.39 is 0 Å². The first-order valence-electron chi connectivity index (χ1n) is 7.18. The fourth-order valence-corrected chi connectivity index (χ4v) is 2.61. The molecule has 1 fully saturated rings. The molecule has 0 aliphatic heterocycles. The highest BCUT2D eigenvalue weighted by atomic mass is 16.2. The van der Waals surface area contributed by atoms with Gasteiger partial charge < -0.3 is 21.7 Å². The fourth-order valence-electron chi connectivity index (χ4n) is 2.61. The Balaban J connectivity index is 1.87. The summed E-state index contributed by atoms with van der Waals surface area (Å²) in [6, 6.07) is 6.69. The average molecular weight is 290 g/mol. The van der Waals surface area contributed by atoms with Gasteiger partial charge in [-0.3, -0.25) is 4.79 Å². The van der Waals surface area contributed by atoms with Crippen molar-refractivity contribution in [2.24, 2.45) is 5.73 Å². The van der Waals surface area contributed by atoms with Crippen LogP contribution in [0, 0.1) is 0 Å². The Morgan fingerprint density at radius 1 is 1.10 bits per heavy atom. The Bertz CT molecular complexity index is 507. The second-order valence-electron chi connectivity index (χ2n) is 5.58. The Morgan fingerprint density at radius 3 is 2.14 bits per heavy atom. The molecular formula is C15H22N4O2. The van der Waals surface area contributed by atoms with Crippen LogP contribution in [-0.2, 0) is 4.79 Å². The number of carbonyl (C=O) groups is 2. The number of rotatable bonds is 4. The van der Waals surface area contributed by atoms with E-state index in [0.717, 1.165) is 25.7 Å². The second kappa shape index (κ2) is 6.58. The summed E-state index contributed by atoms with van der Waals surface area (Å²) in [5.41, 5.74) is 7.21. The molecule has 0 atom stereocenters. The molecule has 6 nitrogen and oxygen atoms in total. The highest BCUT2D eigenvalue weighted by molar-refractivity contribution is 5.92. The van der Waals surface area contributed by atoms with Crippen LogP contribution in [-0.4, -0.2) is 24.5 Å². The van der Waals surface area contributed by atoms with Gasteiger partial charge in [-0.15, -0.1) is 0 Å². The third-order valence-electron chi connectivity index (χ3n) is 3.77. The lowest BCUT2D eigenvalue weighted by atomic mass is 9.94. The predicted octanol–water partition coefficient (Wildman–Crippen LogP) is 2.04. The van der Waals surface area contributed by atoms with Crippen LogP contribution in [0.3, 0.4) is 0 Å². The van der Waals surface area contributed by atoms with E-state index >= 15 is 0 Å². The van der Waals surface area contributed by atoms with Crippen molar-refractivity contribution in [1.29, 1.82) is 0 Å². The van der Waals surface area contributed by atoms with Gasteiger partial charge in [0, 0.05) is 30.4 Å². The molecule has 1 saturated carbocycles. The number of hydrogen-bond donors (Lipinski definition) is 4. The molecule has 0 bridgehead atoms. The van der Waals surface area contributed by atoms with Gasteiger partial charge in [0.15, 0.2) is 0 Å². The van der Waals surface area contributed by atoms with Crippen LogP contribution in [0.2, 0.25) is 0 Å². The van der Waals surface area contributed by atoms with Crippen molar-refractivity contribution in [3.63, 3.8) is 0 Å². The molecule has 2 rings (SSSR count).